The molecule has 1 aliphatic rings. The van der Waals surface area contributed by atoms with E-state index in [1.165, 1.54) is 4.90 Å². The van der Waals surface area contributed by atoms with E-state index < -0.39 is 11.4 Å². The van der Waals surface area contributed by atoms with Crippen LogP contribution in [0.15, 0.2) is 0 Å². The standard InChI is InChI=1S/C12H23NO4/c1-11(2,3)17-10(14)13(6)7-9-8-15-12(4,5)16-9/h9H,7-8H2,1-6H3/t9-/m0/s1. The van der Waals surface area contributed by atoms with Crippen molar-refractivity contribution in [1.82, 2.24) is 4.90 Å². The highest BCUT2D eigenvalue weighted by Gasteiger charge is 2.34. The third-order valence-corrected chi connectivity index (χ3v) is 2.25. The van der Waals surface area contributed by atoms with Gasteiger partial charge in [0.25, 0.3) is 0 Å². The van der Waals surface area contributed by atoms with E-state index in [9.17, 15) is 4.79 Å². The second-order valence-electron chi connectivity index (χ2n) is 5.81. The summed E-state index contributed by atoms with van der Waals surface area (Å²) in [5, 5.41) is 0. The van der Waals surface area contributed by atoms with Crippen LogP contribution in [0.1, 0.15) is 34.6 Å². The summed E-state index contributed by atoms with van der Waals surface area (Å²) in [6, 6.07) is 0. The van der Waals surface area contributed by atoms with Crippen LogP contribution in [0.4, 0.5) is 4.79 Å². The van der Waals surface area contributed by atoms with Crippen LogP contribution in [0.25, 0.3) is 0 Å². The van der Waals surface area contributed by atoms with Gasteiger partial charge in [-0.3, -0.25) is 0 Å². The lowest BCUT2D eigenvalue weighted by Crippen LogP contribution is -2.39. The van der Waals surface area contributed by atoms with E-state index >= 15 is 0 Å². The van der Waals surface area contributed by atoms with Gasteiger partial charge in [-0.05, 0) is 34.6 Å². The summed E-state index contributed by atoms with van der Waals surface area (Å²) in [7, 11) is 1.70. The molecule has 1 saturated heterocycles. The number of hydrogen-bond donors (Lipinski definition) is 0. The molecule has 0 spiro atoms. The Labute approximate surface area is 103 Å². The summed E-state index contributed by atoms with van der Waals surface area (Å²) >= 11 is 0. The van der Waals surface area contributed by atoms with Crippen molar-refractivity contribution in [2.45, 2.75) is 52.1 Å². The number of likely N-dealkylation sites (N-methyl/N-ethyl adjacent to an activating group) is 1. The fourth-order valence-electron chi connectivity index (χ4n) is 1.57. The SMILES string of the molecule is CN(C[C@H]1COC(C)(C)O1)C(=O)OC(C)(C)C. The van der Waals surface area contributed by atoms with Gasteiger partial charge in [-0.15, -0.1) is 0 Å². The fraction of sp³-hybridized carbons (Fsp3) is 0.917. The van der Waals surface area contributed by atoms with Crippen molar-refractivity contribution in [3.05, 3.63) is 0 Å². The van der Waals surface area contributed by atoms with Crippen molar-refractivity contribution in [1.29, 1.82) is 0 Å². The lowest BCUT2D eigenvalue weighted by Gasteiger charge is -2.26. The molecule has 5 nitrogen and oxygen atoms in total. The minimum absolute atomic E-state index is 0.0949. The van der Waals surface area contributed by atoms with Crippen LogP contribution in [0, 0.1) is 0 Å². The summed E-state index contributed by atoms with van der Waals surface area (Å²) in [4.78, 5) is 13.2. The molecule has 0 unspecified atom stereocenters. The maximum Gasteiger partial charge on any atom is 0.410 e. The predicted octanol–water partition coefficient (Wildman–Crippen LogP) is 2.00. The van der Waals surface area contributed by atoms with Gasteiger partial charge in [0.05, 0.1) is 13.2 Å². The molecule has 0 aliphatic carbocycles. The third kappa shape index (κ3) is 4.91. The summed E-state index contributed by atoms with van der Waals surface area (Å²) < 4.78 is 16.3. The monoisotopic (exact) mass is 245 g/mol. The van der Waals surface area contributed by atoms with Crippen molar-refractivity contribution >= 4 is 6.09 Å². The van der Waals surface area contributed by atoms with E-state index in [4.69, 9.17) is 14.2 Å². The highest BCUT2D eigenvalue weighted by atomic mass is 16.7. The van der Waals surface area contributed by atoms with E-state index in [0.29, 0.717) is 13.2 Å². The molecule has 1 rings (SSSR count). The average molecular weight is 245 g/mol. The molecule has 0 N–H and O–H groups in total. The number of nitrogens with zero attached hydrogens (tertiary/aromatic N) is 1. The maximum atomic E-state index is 11.7. The van der Waals surface area contributed by atoms with Gasteiger partial charge in [-0.1, -0.05) is 0 Å². The van der Waals surface area contributed by atoms with E-state index in [-0.39, 0.29) is 12.2 Å². The Morgan fingerprint density at radius 2 is 2.06 bits per heavy atom. The van der Waals surface area contributed by atoms with Gasteiger partial charge in [0.15, 0.2) is 5.79 Å². The van der Waals surface area contributed by atoms with Crippen molar-refractivity contribution in [2.24, 2.45) is 0 Å². The Morgan fingerprint density at radius 1 is 1.47 bits per heavy atom. The molecule has 100 valence electrons. The van der Waals surface area contributed by atoms with Crippen molar-refractivity contribution in [3.63, 3.8) is 0 Å². The first-order valence-corrected chi connectivity index (χ1v) is 5.85. The lowest BCUT2D eigenvalue weighted by atomic mass is 10.2. The molecule has 0 aromatic heterocycles. The quantitative estimate of drug-likeness (QED) is 0.746. The van der Waals surface area contributed by atoms with Gasteiger partial charge in [0, 0.05) is 7.05 Å². The van der Waals surface area contributed by atoms with Crippen LogP contribution in [0.2, 0.25) is 0 Å². The van der Waals surface area contributed by atoms with Gasteiger partial charge in [0.1, 0.15) is 11.7 Å². The van der Waals surface area contributed by atoms with Crippen LogP contribution in [0.3, 0.4) is 0 Å². The molecule has 5 heteroatoms. The summed E-state index contributed by atoms with van der Waals surface area (Å²) in [6.07, 6.45) is -0.437. The van der Waals surface area contributed by atoms with Gasteiger partial charge in [0.2, 0.25) is 0 Å². The van der Waals surface area contributed by atoms with E-state index in [1.807, 2.05) is 34.6 Å². The second-order valence-corrected chi connectivity index (χ2v) is 5.81. The minimum atomic E-state index is -0.556. The first-order chi connectivity index (χ1) is 7.59. The first kappa shape index (κ1) is 14.3. The average Bonchev–Trinajstić information content (AvgIpc) is 2.42. The highest BCUT2D eigenvalue weighted by Crippen LogP contribution is 2.22. The van der Waals surface area contributed by atoms with Crippen LogP contribution < -0.4 is 0 Å². The number of carbonyl (C=O) groups is 1. The first-order valence-electron chi connectivity index (χ1n) is 5.85. The Kier molecular flexibility index (Phi) is 4.04. The van der Waals surface area contributed by atoms with Crippen LogP contribution in [0.5, 0.6) is 0 Å². The molecule has 1 aliphatic heterocycles. The van der Waals surface area contributed by atoms with Crippen molar-refractivity contribution in [3.8, 4) is 0 Å². The molecule has 0 saturated carbocycles. The van der Waals surface area contributed by atoms with Crippen LogP contribution >= 0.6 is 0 Å². The predicted molar refractivity (Wildman–Crippen MR) is 63.8 cm³/mol. The largest absolute Gasteiger partial charge is 0.444 e. The van der Waals surface area contributed by atoms with Crippen LogP contribution in [-0.4, -0.2) is 48.7 Å². The van der Waals surface area contributed by atoms with Gasteiger partial charge >= 0.3 is 6.09 Å². The van der Waals surface area contributed by atoms with Crippen molar-refractivity contribution in [2.75, 3.05) is 20.2 Å². The Balaban J connectivity index is 2.40. The molecule has 1 amide bonds. The number of hydrogen-bond acceptors (Lipinski definition) is 4. The molecular formula is C12H23NO4. The molecule has 1 atom stereocenters. The van der Waals surface area contributed by atoms with E-state index in [0.717, 1.165) is 0 Å². The topological polar surface area (TPSA) is 48.0 Å². The van der Waals surface area contributed by atoms with Crippen LogP contribution in [-0.2, 0) is 14.2 Å². The molecule has 0 aromatic rings. The number of carbonyl (C=O) groups excluding carboxylic acids is 1. The Hall–Kier alpha value is -0.810. The maximum absolute atomic E-state index is 11.7. The summed E-state index contributed by atoms with van der Waals surface area (Å²) in [6.45, 7) is 10.2. The molecule has 0 bridgehead atoms. The molecule has 1 heterocycles. The van der Waals surface area contributed by atoms with Gasteiger partial charge < -0.3 is 19.1 Å². The zero-order chi connectivity index (χ0) is 13.3. The summed E-state index contributed by atoms with van der Waals surface area (Å²) in [5.74, 6) is -0.556. The number of ether oxygens (including phenoxy) is 3. The molecule has 0 radical (unpaired) electrons. The summed E-state index contributed by atoms with van der Waals surface area (Å²) in [5.41, 5.74) is -0.475. The molecule has 0 aromatic carbocycles. The molecule has 17 heavy (non-hydrogen) atoms. The fourth-order valence-corrected chi connectivity index (χ4v) is 1.57. The number of rotatable bonds is 2. The Bertz CT molecular complexity index is 283. The minimum Gasteiger partial charge on any atom is -0.444 e. The number of amides is 1. The lowest BCUT2D eigenvalue weighted by molar-refractivity contribution is -0.139. The van der Waals surface area contributed by atoms with E-state index in [1.54, 1.807) is 7.05 Å². The molecular weight excluding hydrogens is 222 g/mol. The van der Waals surface area contributed by atoms with E-state index in [2.05, 4.69) is 0 Å². The normalized spacial score (nSPS) is 23.5. The Morgan fingerprint density at radius 3 is 2.47 bits per heavy atom. The van der Waals surface area contributed by atoms with Crippen molar-refractivity contribution < 1.29 is 19.0 Å². The molecule has 1 fully saturated rings. The van der Waals surface area contributed by atoms with Gasteiger partial charge in [-0.25, -0.2) is 4.79 Å². The smallest absolute Gasteiger partial charge is 0.410 e. The highest BCUT2D eigenvalue weighted by molar-refractivity contribution is 5.67. The zero-order valence-electron chi connectivity index (χ0n) is 11.6. The van der Waals surface area contributed by atoms with Gasteiger partial charge in [-0.2, -0.15) is 0 Å². The third-order valence-electron chi connectivity index (χ3n) is 2.25. The zero-order valence-corrected chi connectivity index (χ0v) is 11.6. The second kappa shape index (κ2) is 4.82.